The number of quaternary nitrogens is 1. The maximum Gasteiger partial charge on any atom is 0.241 e. The van der Waals surface area contributed by atoms with Crippen molar-refractivity contribution in [2.45, 2.75) is 31.2 Å². The van der Waals surface area contributed by atoms with Crippen molar-refractivity contribution < 1.29 is 14.2 Å². The number of nitrogens with zero attached hydrogens (tertiary/aromatic N) is 1. The summed E-state index contributed by atoms with van der Waals surface area (Å²) >= 11 is 0. The van der Waals surface area contributed by atoms with Gasteiger partial charge in [-0.3, -0.25) is 0 Å². The van der Waals surface area contributed by atoms with Crippen molar-refractivity contribution in [3.05, 3.63) is 23.8 Å². The summed E-state index contributed by atoms with van der Waals surface area (Å²) < 4.78 is 26.5. The maximum atomic E-state index is 12.0. The van der Waals surface area contributed by atoms with Crippen LogP contribution in [0.5, 0.6) is 0 Å². The van der Waals surface area contributed by atoms with Gasteiger partial charge >= 0.3 is 0 Å². The molecule has 0 heterocycles. The molecule has 6 heteroatoms. The van der Waals surface area contributed by atoms with E-state index >= 15 is 0 Å². The lowest BCUT2D eigenvalue weighted by molar-refractivity contribution is -0.255. The third kappa shape index (κ3) is 3.53. The Balaban J connectivity index is 3.22. The van der Waals surface area contributed by atoms with Crippen molar-refractivity contribution in [2.75, 3.05) is 0 Å². The monoisotopic (exact) mass is 254 g/mol. The van der Waals surface area contributed by atoms with Gasteiger partial charge in [-0.15, -0.1) is 0 Å². The van der Waals surface area contributed by atoms with Crippen molar-refractivity contribution in [3.8, 4) is 6.07 Å². The zero-order valence-electron chi connectivity index (χ0n) is 10.1. The highest BCUT2D eigenvalue weighted by atomic mass is 32.2. The summed E-state index contributed by atoms with van der Waals surface area (Å²) in [7, 11) is -3.60. The van der Waals surface area contributed by atoms with E-state index < -0.39 is 15.6 Å². The van der Waals surface area contributed by atoms with Crippen LogP contribution in [0.25, 0.3) is 0 Å². The minimum Gasteiger partial charge on any atom is -0.324 e. The highest BCUT2D eigenvalue weighted by Crippen LogP contribution is 2.17. The average Bonchev–Trinajstić information content (AvgIpc) is 2.14. The molecule has 0 radical (unpaired) electrons. The molecule has 92 valence electrons. The number of sulfonamides is 1. The molecule has 1 rings (SSSR count). The molecule has 0 aliphatic heterocycles. The molecule has 0 unspecified atom stereocenters. The SMILES string of the molecule is CC(C)(C)NS(=O)(=O)c1ccc([NH3+])c(C#N)c1. The molecule has 0 saturated heterocycles. The van der Waals surface area contributed by atoms with Crippen LogP contribution in [0, 0.1) is 11.3 Å². The predicted molar refractivity (Wildman–Crippen MR) is 63.8 cm³/mol. The van der Waals surface area contributed by atoms with Crippen LogP contribution in [-0.2, 0) is 10.0 Å². The second kappa shape index (κ2) is 4.45. The molecule has 17 heavy (non-hydrogen) atoms. The van der Waals surface area contributed by atoms with Crippen LogP contribution in [-0.4, -0.2) is 14.0 Å². The molecule has 0 atom stereocenters. The van der Waals surface area contributed by atoms with Gasteiger partial charge < -0.3 is 5.73 Å². The van der Waals surface area contributed by atoms with Gasteiger partial charge in [0.15, 0.2) is 0 Å². The Morgan fingerprint density at radius 1 is 1.35 bits per heavy atom. The van der Waals surface area contributed by atoms with Gasteiger partial charge in [0.25, 0.3) is 0 Å². The zero-order valence-corrected chi connectivity index (χ0v) is 10.9. The Kier molecular flexibility index (Phi) is 3.57. The van der Waals surface area contributed by atoms with E-state index in [1.54, 1.807) is 20.8 Å². The van der Waals surface area contributed by atoms with Gasteiger partial charge in [-0.1, -0.05) is 0 Å². The number of benzene rings is 1. The Labute approximate surface area is 101 Å². The molecule has 0 aliphatic rings. The summed E-state index contributed by atoms with van der Waals surface area (Å²) in [5.41, 5.74) is 3.87. The number of hydrogen-bond donors (Lipinski definition) is 2. The van der Waals surface area contributed by atoms with E-state index in [4.69, 9.17) is 5.26 Å². The van der Waals surface area contributed by atoms with Crippen molar-refractivity contribution in [1.82, 2.24) is 4.72 Å². The van der Waals surface area contributed by atoms with Gasteiger partial charge in [0.05, 0.1) is 4.90 Å². The van der Waals surface area contributed by atoms with Gasteiger partial charge in [0.1, 0.15) is 17.3 Å². The molecular weight excluding hydrogens is 238 g/mol. The molecule has 0 bridgehead atoms. The van der Waals surface area contributed by atoms with E-state index in [0.717, 1.165) is 0 Å². The van der Waals surface area contributed by atoms with E-state index in [0.29, 0.717) is 5.69 Å². The maximum absolute atomic E-state index is 12.0. The normalized spacial score (nSPS) is 12.2. The van der Waals surface area contributed by atoms with Gasteiger partial charge in [-0.25, -0.2) is 13.1 Å². The molecule has 1 aromatic carbocycles. The summed E-state index contributed by atoms with van der Waals surface area (Å²) in [5, 5.41) is 8.84. The summed E-state index contributed by atoms with van der Waals surface area (Å²) in [6, 6.07) is 6.21. The Morgan fingerprint density at radius 3 is 2.41 bits per heavy atom. The molecule has 0 aromatic heterocycles. The van der Waals surface area contributed by atoms with Crippen LogP contribution < -0.4 is 10.5 Å². The van der Waals surface area contributed by atoms with Crippen LogP contribution in [0.3, 0.4) is 0 Å². The molecule has 0 aliphatic carbocycles. The van der Waals surface area contributed by atoms with Crippen LogP contribution in [0.4, 0.5) is 5.69 Å². The standard InChI is InChI=1S/C11H15N3O2S/c1-11(2,3)14-17(15,16)9-4-5-10(13)8(6-9)7-12/h4-6,14H,13H2,1-3H3/p+1. The van der Waals surface area contributed by atoms with Crippen LogP contribution >= 0.6 is 0 Å². The van der Waals surface area contributed by atoms with Crippen molar-refractivity contribution in [1.29, 1.82) is 5.26 Å². The van der Waals surface area contributed by atoms with E-state index in [1.807, 2.05) is 6.07 Å². The van der Waals surface area contributed by atoms with Crippen molar-refractivity contribution in [3.63, 3.8) is 0 Å². The number of nitrogens with one attached hydrogen (secondary N) is 1. The van der Waals surface area contributed by atoms with Gasteiger partial charge in [0, 0.05) is 11.6 Å². The molecule has 0 fully saturated rings. The fourth-order valence-electron chi connectivity index (χ4n) is 1.29. The first kappa shape index (κ1) is 13.6. The Morgan fingerprint density at radius 2 is 1.94 bits per heavy atom. The molecule has 0 amide bonds. The van der Waals surface area contributed by atoms with Crippen molar-refractivity contribution >= 4 is 15.7 Å². The molecule has 1 aromatic rings. The highest BCUT2D eigenvalue weighted by Gasteiger charge is 2.22. The second-order valence-corrected chi connectivity index (χ2v) is 6.47. The number of hydrogen-bond acceptors (Lipinski definition) is 3. The fourth-order valence-corrected chi connectivity index (χ4v) is 2.73. The lowest BCUT2D eigenvalue weighted by Crippen LogP contribution is -2.42. The zero-order chi connectivity index (χ0) is 13.3. The lowest BCUT2D eigenvalue weighted by Gasteiger charge is -2.20. The number of nitriles is 1. The predicted octanol–water partition coefficient (Wildman–Crippen LogP) is 0.508. The van der Waals surface area contributed by atoms with Crippen molar-refractivity contribution in [2.24, 2.45) is 0 Å². The smallest absolute Gasteiger partial charge is 0.241 e. The Hall–Kier alpha value is -1.42. The third-order valence-corrected chi connectivity index (χ3v) is 3.71. The molecule has 4 N–H and O–H groups in total. The van der Waals surface area contributed by atoms with Crippen LogP contribution in [0.2, 0.25) is 0 Å². The van der Waals surface area contributed by atoms with E-state index in [-0.39, 0.29) is 10.5 Å². The van der Waals surface area contributed by atoms with Gasteiger partial charge in [-0.2, -0.15) is 5.26 Å². The average molecular weight is 254 g/mol. The quantitative estimate of drug-likeness (QED) is 0.804. The first-order valence-corrected chi connectivity index (χ1v) is 6.54. The topological polar surface area (TPSA) is 97.6 Å². The summed E-state index contributed by atoms with van der Waals surface area (Å²) in [6.07, 6.45) is 0. The second-order valence-electron chi connectivity index (χ2n) is 4.79. The first-order chi connectivity index (χ1) is 7.65. The van der Waals surface area contributed by atoms with Gasteiger partial charge in [-0.05, 0) is 32.9 Å². The summed E-state index contributed by atoms with van der Waals surface area (Å²) in [5.74, 6) is 0. The third-order valence-electron chi connectivity index (χ3n) is 1.95. The molecule has 5 nitrogen and oxygen atoms in total. The van der Waals surface area contributed by atoms with E-state index in [9.17, 15) is 8.42 Å². The number of rotatable bonds is 2. The largest absolute Gasteiger partial charge is 0.324 e. The summed E-state index contributed by atoms with van der Waals surface area (Å²) in [6.45, 7) is 5.27. The molecular formula is C11H16N3O2S+. The van der Waals surface area contributed by atoms with E-state index in [1.165, 1.54) is 18.2 Å². The minimum absolute atomic E-state index is 0.0800. The van der Waals surface area contributed by atoms with Gasteiger partial charge in [0.2, 0.25) is 10.0 Å². The van der Waals surface area contributed by atoms with E-state index in [2.05, 4.69) is 10.5 Å². The molecule has 0 spiro atoms. The molecule has 0 saturated carbocycles. The lowest BCUT2D eigenvalue weighted by atomic mass is 10.1. The summed E-state index contributed by atoms with van der Waals surface area (Å²) in [4.78, 5) is 0.0800. The highest BCUT2D eigenvalue weighted by molar-refractivity contribution is 7.89. The van der Waals surface area contributed by atoms with Crippen LogP contribution in [0.1, 0.15) is 26.3 Å². The first-order valence-electron chi connectivity index (χ1n) is 5.06. The fraction of sp³-hybridized carbons (Fsp3) is 0.364. The van der Waals surface area contributed by atoms with Crippen LogP contribution in [0.15, 0.2) is 23.1 Å². The Bertz CT molecular complexity index is 565. The minimum atomic E-state index is -3.60.